The molecule has 1 aliphatic rings. The second kappa shape index (κ2) is 8.56. The van der Waals surface area contributed by atoms with Gasteiger partial charge in [0.25, 0.3) is 5.91 Å². The summed E-state index contributed by atoms with van der Waals surface area (Å²) in [6.07, 6.45) is 2.77. The number of benzene rings is 2. The summed E-state index contributed by atoms with van der Waals surface area (Å²) < 4.78 is 13.2. The van der Waals surface area contributed by atoms with Crippen molar-refractivity contribution in [3.8, 4) is 0 Å². The number of hydrogen-bond acceptors (Lipinski definition) is 2. The Bertz CT molecular complexity index is 1000. The van der Waals surface area contributed by atoms with E-state index >= 15 is 0 Å². The van der Waals surface area contributed by atoms with Crippen LogP contribution in [-0.4, -0.2) is 28.9 Å². The highest BCUT2D eigenvalue weighted by Crippen LogP contribution is 2.27. The average molecular weight is 388 g/mol. The molecule has 148 valence electrons. The summed E-state index contributed by atoms with van der Waals surface area (Å²) in [4.78, 5) is 19.6. The minimum Gasteiger partial charge on any atom is -0.338 e. The van der Waals surface area contributed by atoms with Crippen LogP contribution in [0, 0.1) is 12.7 Å². The van der Waals surface area contributed by atoms with Gasteiger partial charge in [-0.2, -0.15) is 0 Å². The predicted octanol–water partition coefficient (Wildman–Crippen LogP) is 5.14. The van der Waals surface area contributed by atoms with E-state index in [1.54, 1.807) is 12.1 Å². The highest BCUT2D eigenvalue weighted by atomic mass is 19.1. The number of piperidine rings is 1. The Morgan fingerprint density at radius 3 is 2.69 bits per heavy atom. The molecule has 0 N–H and O–H groups in total. The summed E-state index contributed by atoms with van der Waals surface area (Å²) in [5.41, 5.74) is 5.14. The summed E-state index contributed by atoms with van der Waals surface area (Å²) in [6, 6.07) is 20.5. The fraction of sp³-hybridized carbons (Fsp3) is 0.280. The van der Waals surface area contributed by atoms with Crippen molar-refractivity contribution < 1.29 is 9.18 Å². The Morgan fingerprint density at radius 1 is 1.10 bits per heavy atom. The molecule has 0 spiro atoms. The molecule has 2 heterocycles. The van der Waals surface area contributed by atoms with E-state index in [-0.39, 0.29) is 17.6 Å². The molecule has 1 aromatic heterocycles. The van der Waals surface area contributed by atoms with E-state index in [1.165, 1.54) is 23.3 Å². The number of amides is 1. The van der Waals surface area contributed by atoms with Crippen molar-refractivity contribution in [2.45, 2.75) is 32.1 Å². The first-order chi connectivity index (χ1) is 14.1. The molecule has 1 amide bonds. The van der Waals surface area contributed by atoms with Crippen molar-refractivity contribution in [3.05, 3.63) is 101 Å². The number of hydrogen-bond donors (Lipinski definition) is 0. The molecule has 29 heavy (non-hydrogen) atoms. The maximum Gasteiger partial charge on any atom is 0.253 e. The molecule has 3 aromatic rings. The number of halogens is 1. The van der Waals surface area contributed by atoms with Crippen molar-refractivity contribution >= 4 is 5.91 Å². The van der Waals surface area contributed by atoms with Crippen LogP contribution in [0.5, 0.6) is 0 Å². The molecule has 0 unspecified atom stereocenters. The van der Waals surface area contributed by atoms with Gasteiger partial charge in [-0.25, -0.2) is 4.39 Å². The number of carbonyl (C=O) groups excluding carboxylic acids is 1. The van der Waals surface area contributed by atoms with Crippen molar-refractivity contribution in [3.63, 3.8) is 0 Å². The molecule has 1 fully saturated rings. The SMILES string of the molecule is Cc1cccc(Cc2cccc([C@H]3CCCN(C(=O)c4ccc(F)cc4)C3)n2)c1. The van der Waals surface area contributed by atoms with Gasteiger partial charge in [-0.05, 0) is 61.7 Å². The van der Waals surface area contributed by atoms with Crippen LogP contribution in [0.4, 0.5) is 4.39 Å². The van der Waals surface area contributed by atoms with Crippen LogP contribution in [0.3, 0.4) is 0 Å². The van der Waals surface area contributed by atoms with Crippen molar-refractivity contribution in [2.75, 3.05) is 13.1 Å². The summed E-state index contributed by atoms with van der Waals surface area (Å²) in [5, 5.41) is 0. The second-order valence-corrected chi connectivity index (χ2v) is 7.82. The average Bonchev–Trinajstić information content (AvgIpc) is 2.74. The second-order valence-electron chi connectivity index (χ2n) is 7.82. The lowest BCUT2D eigenvalue weighted by Gasteiger charge is -2.32. The number of carbonyl (C=O) groups is 1. The molecule has 0 aliphatic carbocycles. The summed E-state index contributed by atoms with van der Waals surface area (Å²) in [6.45, 7) is 3.48. The van der Waals surface area contributed by atoms with E-state index in [9.17, 15) is 9.18 Å². The summed E-state index contributed by atoms with van der Waals surface area (Å²) in [5.74, 6) is -0.135. The normalized spacial score (nSPS) is 16.6. The molecule has 1 aliphatic heterocycles. The molecule has 2 aromatic carbocycles. The number of likely N-dealkylation sites (tertiary alicyclic amines) is 1. The zero-order valence-electron chi connectivity index (χ0n) is 16.6. The van der Waals surface area contributed by atoms with Crippen LogP contribution in [0.15, 0.2) is 66.7 Å². The van der Waals surface area contributed by atoms with Gasteiger partial charge in [0.15, 0.2) is 0 Å². The van der Waals surface area contributed by atoms with Crippen LogP contribution >= 0.6 is 0 Å². The minimum absolute atomic E-state index is 0.0365. The monoisotopic (exact) mass is 388 g/mol. The standard InChI is InChI=1S/C25H25FN2O/c1-18-5-2-6-19(15-18)16-23-8-3-9-24(27-23)21-7-4-14-28(17-21)25(29)20-10-12-22(26)13-11-20/h2-3,5-6,8-13,15,21H,4,7,14,16-17H2,1H3/t21-/m0/s1. The van der Waals surface area contributed by atoms with Crippen LogP contribution < -0.4 is 0 Å². The number of pyridine rings is 1. The Labute approximate surface area is 171 Å². The molecule has 0 bridgehead atoms. The lowest BCUT2D eigenvalue weighted by atomic mass is 9.93. The largest absolute Gasteiger partial charge is 0.338 e. The molecule has 4 rings (SSSR count). The lowest BCUT2D eigenvalue weighted by Crippen LogP contribution is -2.39. The number of aryl methyl sites for hydroxylation is 1. The highest BCUT2D eigenvalue weighted by Gasteiger charge is 2.26. The van der Waals surface area contributed by atoms with Gasteiger partial charge in [-0.3, -0.25) is 9.78 Å². The topological polar surface area (TPSA) is 33.2 Å². The fourth-order valence-electron chi connectivity index (χ4n) is 4.03. The van der Waals surface area contributed by atoms with Gasteiger partial charge < -0.3 is 4.90 Å². The van der Waals surface area contributed by atoms with E-state index in [2.05, 4.69) is 49.4 Å². The Balaban J connectivity index is 1.48. The number of nitrogens with zero attached hydrogens (tertiary/aromatic N) is 2. The zero-order chi connectivity index (χ0) is 20.2. The van der Waals surface area contributed by atoms with Crippen molar-refractivity contribution in [1.29, 1.82) is 0 Å². The molecular formula is C25H25FN2O. The molecule has 0 radical (unpaired) electrons. The third-order valence-electron chi connectivity index (χ3n) is 5.51. The van der Waals surface area contributed by atoms with E-state index < -0.39 is 0 Å². The first-order valence-corrected chi connectivity index (χ1v) is 10.1. The molecule has 1 saturated heterocycles. The van der Waals surface area contributed by atoms with Crippen LogP contribution in [0.2, 0.25) is 0 Å². The van der Waals surface area contributed by atoms with Gasteiger partial charge in [-0.15, -0.1) is 0 Å². The predicted molar refractivity (Wildman–Crippen MR) is 113 cm³/mol. The maximum atomic E-state index is 13.2. The fourth-order valence-corrected chi connectivity index (χ4v) is 4.03. The third kappa shape index (κ3) is 4.70. The van der Waals surface area contributed by atoms with Crippen molar-refractivity contribution in [1.82, 2.24) is 9.88 Å². The Morgan fingerprint density at radius 2 is 1.90 bits per heavy atom. The first kappa shape index (κ1) is 19.3. The smallest absolute Gasteiger partial charge is 0.253 e. The minimum atomic E-state index is -0.326. The van der Waals surface area contributed by atoms with Gasteiger partial charge in [0.1, 0.15) is 5.82 Å². The number of aromatic nitrogens is 1. The van der Waals surface area contributed by atoms with Crippen LogP contribution in [-0.2, 0) is 6.42 Å². The summed E-state index contributed by atoms with van der Waals surface area (Å²) in [7, 11) is 0. The van der Waals surface area contributed by atoms with E-state index in [0.29, 0.717) is 12.1 Å². The molecular weight excluding hydrogens is 363 g/mol. The van der Waals surface area contributed by atoms with E-state index in [1.807, 2.05) is 4.90 Å². The highest BCUT2D eigenvalue weighted by molar-refractivity contribution is 5.94. The summed E-state index contributed by atoms with van der Waals surface area (Å²) >= 11 is 0. The molecule has 3 nitrogen and oxygen atoms in total. The van der Waals surface area contributed by atoms with Gasteiger partial charge in [0.2, 0.25) is 0 Å². The number of rotatable bonds is 4. The van der Waals surface area contributed by atoms with Gasteiger partial charge in [0.05, 0.1) is 0 Å². The molecule has 1 atom stereocenters. The van der Waals surface area contributed by atoms with Gasteiger partial charge in [0, 0.05) is 42.4 Å². The van der Waals surface area contributed by atoms with E-state index in [4.69, 9.17) is 4.98 Å². The molecule has 4 heteroatoms. The van der Waals surface area contributed by atoms with Crippen LogP contribution in [0.1, 0.15) is 51.6 Å². The molecule has 0 saturated carbocycles. The van der Waals surface area contributed by atoms with E-state index in [0.717, 1.165) is 37.2 Å². The lowest BCUT2D eigenvalue weighted by molar-refractivity contribution is 0.0706. The van der Waals surface area contributed by atoms with Crippen molar-refractivity contribution in [2.24, 2.45) is 0 Å². The zero-order valence-corrected chi connectivity index (χ0v) is 16.6. The van der Waals surface area contributed by atoms with Crippen LogP contribution in [0.25, 0.3) is 0 Å². The van der Waals surface area contributed by atoms with Gasteiger partial charge in [-0.1, -0.05) is 35.9 Å². The Hall–Kier alpha value is -3.01. The first-order valence-electron chi connectivity index (χ1n) is 10.1. The Kier molecular flexibility index (Phi) is 5.70. The third-order valence-corrected chi connectivity index (χ3v) is 5.51. The maximum absolute atomic E-state index is 13.2. The van der Waals surface area contributed by atoms with Gasteiger partial charge >= 0.3 is 0 Å². The quantitative estimate of drug-likeness (QED) is 0.620.